The van der Waals surface area contributed by atoms with Gasteiger partial charge in [-0.2, -0.15) is 0 Å². The second kappa shape index (κ2) is 5.73. The molecule has 0 aliphatic carbocycles. The molecule has 1 aromatic carbocycles. The summed E-state index contributed by atoms with van der Waals surface area (Å²) in [6.45, 7) is 0.554. The van der Waals surface area contributed by atoms with Crippen LogP contribution in [0.3, 0.4) is 0 Å². The van der Waals surface area contributed by atoms with Gasteiger partial charge in [0.25, 0.3) is 0 Å². The van der Waals surface area contributed by atoms with E-state index in [0.29, 0.717) is 12.2 Å². The largest absolute Gasteiger partial charge is 0.380 e. The molecule has 5 heteroatoms. The summed E-state index contributed by atoms with van der Waals surface area (Å²) in [5, 5.41) is 7.17. The van der Waals surface area contributed by atoms with Gasteiger partial charge in [-0.15, -0.1) is 22.7 Å². The van der Waals surface area contributed by atoms with E-state index in [0.717, 1.165) is 10.9 Å². The first-order valence-corrected chi connectivity index (χ1v) is 7.78. The van der Waals surface area contributed by atoms with Crippen LogP contribution in [0.25, 0.3) is 10.4 Å². The molecule has 0 spiro atoms. The SMILES string of the molecule is Fc1cc(F)cc(NCc2cc(-c3cccs3)cs2)c1. The van der Waals surface area contributed by atoms with Crippen LogP contribution < -0.4 is 5.32 Å². The van der Waals surface area contributed by atoms with E-state index < -0.39 is 11.6 Å². The average Bonchev–Trinajstić information content (AvgIpc) is 3.06. The summed E-state index contributed by atoms with van der Waals surface area (Å²) in [6.07, 6.45) is 0. The number of thiophene rings is 2. The van der Waals surface area contributed by atoms with Crippen LogP contribution in [0, 0.1) is 11.6 Å². The maximum Gasteiger partial charge on any atom is 0.128 e. The molecule has 0 atom stereocenters. The van der Waals surface area contributed by atoms with E-state index in [2.05, 4.69) is 22.8 Å². The third-order valence-electron chi connectivity index (χ3n) is 2.79. The number of nitrogens with one attached hydrogen (secondary N) is 1. The number of hydrogen-bond acceptors (Lipinski definition) is 3. The van der Waals surface area contributed by atoms with Crippen LogP contribution in [0.5, 0.6) is 0 Å². The van der Waals surface area contributed by atoms with Crippen LogP contribution in [-0.2, 0) is 6.54 Å². The Bertz CT molecular complexity index is 684. The van der Waals surface area contributed by atoms with Crippen molar-refractivity contribution in [3.8, 4) is 10.4 Å². The first-order valence-electron chi connectivity index (χ1n) is 6.02. The van der Waals surface area contributed by atoms with Crippen molar-refractivity contribution in [1.29, 1.82) is 0 Å². The van der Waals surface area contributed by atoms with Gasteiger partial charge in [0.15, 0.2) is 0 Å². The fourth-order valence-corrected chi connectivity index (χ4v) is 3.50. The molecule has 0 bridgehead atoms. The lowest BCUT2D eigenvalue weighted by Crippen LogP contribution is -1.98. The summed E-state index contributed by atoms with van der Waals surface area (Å²) in [6, 6.07) is 9.63. The lowest BCUT2D eigenvalue weighted by molar-refractivity contribution is 0.584. The summed E-state index contributed by atoms with van der Waals surface area (Å²) < 4.78 is 26.1. The van der Waals surface area contributed by atoms with Crippen molar-refractivity contribution in [1.82, 2.24) is 0 Å². The van der Waals surface area contributed by atoms with Crippen LogP contribution >= 0.6 is 22.7 Å². The lowest BCUT2D eigenvalue weighted by Gasteiger charge is -2.05. The quantitative estimate of drug-likeness (QED) is 0.683. The third-order valence-corrected chi connectivity index (χ3v) is 4.64. The maximum atomic E-state index is 13.1. The molecule has 1 nitrogen and oxygen atoms in total. The van der Waals surface area contributed by atoms with Gasteiger partial charge in [-0.3, -0.25) is 0 Å². The molecular weight excluding hydrogens is 296 g/mol. The summed E-state index contributed by atoms with van der Waals surface area (Å²) in [5.41, 5.74) is 1.64. The molecule has 2 heterocycles. The van der Waals surface area contributed by atoms with Gasteiger partial charge in [0.05, 0.1) is 0 Å². The third kappa shape index (κ3) is 3.05. The molecule has 0 saturated carbocycles. The normalized spacial score (nSPS) is 10.7. The second-order valence-electron chi connectivity index (χ2n) is 4.29. The Labute approximate surface area is 123 Å². The van der Waals surface area contributed by atoms with E-state index in [-0.39, 0.29) is 0 Å². The predicted molar refractivity (Wildman–Crippen MR) is 81.3 cm³/mol. The van der Waals surface area contributed by atoms with Crippen molar-refractivity contribution in [3.63, 3.8) is 0 Å². The number of hydrogen-bond donors (Lipinski definition) is 1. The van der Waals surface area contributed by atoms with E-state index in [4.69, 9.17) is 0 Å². The molecule has 0 saturated heterocycles. The molecule has 0 aliphatic rings. The molecule has 3 aromatic rings. The number of halogens is 2. The molecule has 0 aliphatic heterocycles. The molecule has 1 N–H and O–H groups in total. The van der Waals surface area contributed by atoms with Crippen molar-refractivity contribution >= 4 is 28.4 Å². The fourth-order valence-electron chi connectivity index (χ4n) is 1.89. The van der Waals surface area contributed by atoms with Crippen molar-refractivity contribution in [3.05, 3.63) is 63.7 Å². The van der Waals surface area contributed by atoms with Gasteiger partial charge in [-0.1, -0.05) is 6.07 Å². The van der Waals surface area contributed by atoms with E-state index in [1.54, 1.807) is 22.7 Å². The smallest absolute Gasteiger partial charge is 0.128 e. The Morgan fingerprint density at radius 1 is 1.00 bits per heavy atom. The number of rotatable bonds is 4. The molecule has 0 fully saturated rings. The first-order chi connectivity index (χ1) is 9.70. The van der Waals surface area contributed by atoms with Gasteiger partial charge in [0, 0.05) is 33.6 Å². The topological polar surface area (TPSA) is 12.0 Å². The van der Waals surface area contributed by atoms with Crippen LogP contribution in [0.2, 0.25) is 0 Å². The van der Waals surface area contributed by atoms with E-state index >= 15 is 0 Å². The monoisotopic (exact) mass is 307 g/mol. The minimum absolute atomic E-state index is 0.452. The van der Waals surface area contributed by atoms with Crippen LogP contribution in [0.15, 0.2) is 47.2 Å². The fraction of sp³-hybridized carbons (Fsp3) is 0.0667. The maximum absolute atomic E-state index is 13.1. The van der Waals surface area contributed by atoms with Crippen LogP contribution in [0.1, 0.15) is 4.88 Å². The Balaban J connectivity index is 1.69. The van der Waals surface area contributed by atoms with Crippen molar-refractivity contribution in [2.75, 3.05) is 5.32 Å². The van der Waals surface area contributed by atoms with Crippen molar-refractivity contribution in [2.45, 2.75) is 6.54 Å². The Hall–Kier alpha value is -1.72. The number of anilines is 1. The summed E-state index contributed by atoms with van der Waals surface area (Å²) >= 11 is 3.33. The van der Waals surface area contributed by atoms with Gasteiger partial charge in [-0.05, 0) is 35.0 Å². The first kappa shape index (κ1) is 13.3. The second-order valence-corrected chi connectivity index (χ2v) is 6.23. The predicted octanol–water partition coefficient (Wildman–Crippen LogP) is 5.37. The highest BCUT2D eigenvalue weighted by molar-refractivity contribution is 7.14. The molecule has 0 radical (unpaired) electrons. The van der Waals surface area contributed by atoms with Crippen LogP contribution in [-0.4, -0.2) is 0 Å². The number of benzene rings is 1. The molecule has 20 heavy (non-hydrogen) atoms. The van der Waals surface area contributed by atoms with Crippen molar-refractivity contribution < 1.29 is 8.78 Å². The molecule has 3 rings (SSSR count). The summed E-state index contributed by atoms with van der Waals surface area (Å²) in [4.78, 5) is 2.35. The molecule has 0 amide bonds. The molecule has 2 aromatic heterocycles. The van der Waals surface area contributed by atoms with E-state index in [1.165, 1.54) is 22.6 Å². The molecule has 102 valence electrons. The molecule has 0 unspecified atom stereocenters. The minimum Gasteiger partial charge on any atom is -0.380 e. The van der Waals surface area contributed by atoms with E-state index in [1.807, 2.05) is 11.4 Å². The Kier molecular flexibility index (Phi) is 3.80. The van der Waals surface area contributed by atoms with Gasteiger partial charge in [-0.25, -0.2) is 8.78 Å². The lowest BCUT2D eigenvalue weighted by atomic mass is 10.2. The van der Waals surface area contributed by atoms with Gasteiger partial charge in [0.2, 0.25) is 0 Å². The highest BCUT2D eigenvalue weighted by Gasteiger charge is 2.04. The van der Waals surface area contributed by atoms with Gasteiger partial charge in [0.1, 0.15) is 11.6 Å². The summed E-state index contributed by atoms with van der Waals surface area (Å²) in [5.74, 6) is -1.14. The van der Waals surface area contributed by atoms with Gasteiger partial charge < -0.3 is 5.32 Å². The zero-order valence-corrected chi connectivity index (χ0v) is 12.0. The zero-order valence-electron chi connectivity index (χ0n) is 10.4. The van der Waals surface area contributed by atoms with E-state index in [9.17, 15) is 8.78 Å². The Morgan fingerprint density at radius 2 is 1.80 bits per heavy atom. The van der Waals surface area contributed by atoms with Gasteiger partial charge >= 0.3 is 0 Å². The highest BCUT2D eigenvalue weighted by Crippen LogP contribution is 2.29. The minimum atomic E-state index is -0.571. The summed E-state index contributed by atoms with van der Waals surface area (Å²) in [7, 11) is 0. The highest BCUT2D eigenvalue weighted by atomic mass is 32.1. The average molecular weight is 307 g/mol. The standard InChI is InChI=1S/C15H11F2NS2/c16-11-5-12(17)7-13(6-11)18-8-14-4-10(9-20-14)15-2-1-3-19-15/h1-7,9,18H,8H2. The van der Waals surface area contributed by atoms with Crippen LogP contribution in [0.4, 0.5) is 14.5 Å². The molecular formula is C15H11F2NS2. The Morgan fingerprint density at radius 3 is 2.50 bits per heavy atom. The zero-order chi connectivity index (χ0) is 13.9. The van der Waals surface area contributed by atoms with Crippen molar-refractivity contribution in [2.24, 2.45) is 0 Å².